The van der Waals surface area contributed by atoms with E-state index in [1.165, 1.54) is 12.8 Å². The molecule has 14 heavy (non-hydrogen) atoms. The van der Waals surface area contributed by atoms with E-state index in [0.717, 1.165) is 0 Å². The Kier molecular flexibility index (Phi) is 3.20. The number of carbonyl (C=O) groups is 1. The summed E-state index contributed by atoms with van der Waals surface area (Å²) >= 11 is 0. The second-order valence-electron chi connectivity index (χ2n) is 4.62. The standard InChI is InChI=1S/C11H21NO2/c1-5-14-9(13)8-11(3,12-4)10(2)6-7-10/h12H,5-8H2,1-4H3. The van der Waals surface area contributed by atoms with Gasteiger partial charge in [0.15, 0.2) is 0 Å². The summed E-state index contributed by atoms with van der Waals surface area (Å²) in [5.41, 5.74) is 0.160. The van der Waals surface area contributed by atoms with E-state index in [9.17, 15) is 4.79 Å². The molecule has 0 aromatic heterocycles. The maximum atomic E-state index is 11.4. The first-order chi connectivity index (χ1) is 6.47. The Morgan fingerprint density at radius 3 is 2.50 bits per heavy atom. The third-order valence-electron chi connectivity index (χ3n) is 3.69. The number of esters is 1. The van der Waals surface area contributed by atoms with E-state index in [1.807, 2.05) is 14.0 Å². The fraction of sp³-hybridized carbons (Fsp3) is 0.909. The van der Waals surface area contributed by atoms with Gasteiger partial charge in [0.1, 0.15) is 0 Å². The summed E-state index contributed by atoms with van der Waals surface area (Å²) in [6.07, 6.45) is 2.86. The molecule has 1 N–H and O–H groups in total. The summed E-state index contributed by atoms with van der Waals surface area (Å²) in [6, 6.07) is 0. The summed E-state index contributed by atoms with van der Waals surface area (Å²) in [4.78, 5) is 11.4. The molecule has 82 valence electrons. The van der Waals surface area contributed by atoms with Crippen LogP contribution in [0.1, 0.15) is 40.0 Å². The zero-order valence-electron chi connectivity index (χ0n) is 9.64. The predicted octanol–water partition coefficient (Wildman–Crippen LogP) is 1.72. The lowest BCUT2D eigenvalue weighted by atomic mass is 9.81. The van der Waals surface area contributed by atoms with Crippen LogP contribution < -0.4 is 5.32 Å². The summed E-state index contributed by atoms with van der Waals surface area (Å²) in [5.74, 6) is -0.0996. The summed E-state index contributed by atoms with van der Waals surface area (Å²) in [6.45, 7) is 6.64. The van der Waals surface area contributed by atoms with Gasteiger partial charge in [0.25, 0.3) is 0 Å². The summed E-state index contributed by atoms with van der Waals surface area (Å²) in [5, 5.41) is 3.27. The fourth-order valence-electron chi connectivity index (χ4n) is 1.84. The molecular weight excluding hydrogens is 178 g/mol. The molecule has 1 aliphatic carbocycles. The molecule has 0 bridgehead atoms. The maximum absolute atomic E-state index is 11.4. The van der Waals surface area contributed by atoms with Gasteiger partial charge in [0, 0.05) is 5.54 Å². The Labute approximate surface area is 86.2 Å². The van der Waals surface area contributed by atoms with Crippen LogP contribution in [0, 0.1) is 5.41 Å². The Bertz CT molecular complexity index is 223. The number of hydrogen-bond acceptors (Lipinski definition) is 3. The Balaban J connectivity index is 2.57. The zero-order chi connectivity index (χ0) is 10.8. The van der Waals surface area contributed by atoms with Crippen LogP contribution in [-0.2, 0) is 9.53 Å². The van der Waals surface area contributed by atoms with Crippen molar-refractivity contribution in [2.45, 2.75) is 45.6 Å². The van der Waals surface area contributed by atoms with Crippen LogP contribution >= 0.6 is 0 Å². The van der Waals surface area contributed by atoms with Crippen LogP contribution in [0.3, 0.4) is 0 Å². The van der Waals surface area contributed by atoms with Gasteiger partial charge in [-0.3, -0.25) is 4.79 Å². The van der Waals surface area contributed by atoms with E-state index in [0.29, 0.717) is 13.0 Å². The van der Waals surface area contributed by atoms with Crippen LogP contribution in [0.4, 0.5) is 0 Å². The zero-order valence-corrected chi connectivity index (χ0v) is 9.64. The quantitative estimate of drug-likeness (QED) is 0.685. The van der Waals surface area contributed by atoms with E-state index in [4.69, 9.17) is 4.74 Å². The second kappa shape index (κ2) is 3.89. The average Bonchev–Trinajstić information content (AvgIpc) is 2.85. The largest absolute Gasteiger partial charge is 0.466 e. The number of rotatable bonds is 5. The van der Waals surface area contributed by atoms with Crippen molar-refractivity contribution in [1.82, 2.24) is 5.32 Å². The Hall–Kier alpha value is -0.570. The minimum absolute atomic E-state index is 0.0996. The molecule has 1 unspecified atom stereocenters. The molecule has 3 nitrogen and oxygen atoms in total. The van der Waals surface area contributed by atoms with Gasteiger partial charge in [-0.1, -0.05) is 6.92 Å². The summed E-state index contributed by atoms with van der Waals surface area (Å²) in [7, 11) is 1.92. The first-order valence-electron chi connectivity index (χ1n) is 5.32. The van der Waals surface area contributed by atoms with E-state index in [-0.39, 0.29) is 16.9 Å². The minimum Gasteiger partial charge on any atom is -0.466 e. The van der Waals surface area contributed by atoms with Crippen molar-refractivity contribution in [3.63, 3.8) is 0 Å². The van der Waals surface area contributed by atoms with Gasteiger partial charge < -0.3 is 10.1 Å². The molecule has 1 aliphatic rings. The van der Waals surface area contributed by atoms with Crippen molar-refractivity contribution in [1.29, 1.82) is 0 Å². The predicted molar refractivity (Wildman–Crippen MR) is 56.1 cm³/mol. The van der Waals surface area contributed by atoms with Crippen molar-refractivity contribution < 1.29 is 9.53 Å². The van der Waals surface area contributed by atoms with Crippen molar-refractivity contribution in [3.05, 3.63) is 0 Å². The number of hydrogen-bond donors (Lipinski definition) is 1. The van der Waals surface area contributed by atoms with Gasteiger partial charge in [-0.25, -0.2) is 0 Å². The molecule has 0 aromatic carbocycles. The third-order valence-corrected chi connectivity index (χ3v) is 3.69. The van der Waals surface area contributed by atoms with Crippen molar-refractivity contribution >= 4 is 5.97 Å². The molecular formula is C11H21NO2. The van der Waals surface area contributed by atoms with Crippen LogP contribution in [0.15, 0.2) is 0 Å². The Morgan fingerprint density at radius 1 is 1.57 bits per heavy atom. The molecule has 0 heterocycles. The highest BCUT2D eigenvalue weighted by Gasteiger charge is 2.53. The van der Waals surface area contributed by atoms with Crippen LogP contribution in [-0.4, -0.2) is 25.2 Å². The molecule has 3 heteroatoms. The van der Waals surface area contributed by atoms with Gasteiger partial charge in [-0.2, -0.15) is 0 Å². The number of carbonyl (C=O) groups excluding carboxylic acids is 1. The fourth-order valence-corrected chi connectivity index (χ4v) is 1.84. The monoisotopic (exact) mass is 199 g/mol. The number of ether oxygens (including phenoxy) is 1. The molecule has 0 aromatic rings. The van der Waals surface area contributed by atoms with Crippen LogP contribution in [0.5, 0.6) is 0 Å². The maximum Gasteiger partial charge on any atom is 0.307 e. The van der Waals surface area contributed by atoms with Gasteiger partial charge >= 0.3 is 5.97 Å². The minimum atomic E-state index is -0.112. The SMILES string of the molecule is CCOC(=O)CC(C)(NC)C1(C)CC1. The van der Waals surface area contributed by atoms with E-state index >= 15 is 0 Å². The molecule has 1 fully saturated rings. The van der Waals surface area contributed by atoms with Crippen LogP contribution in [0.2, 0.25) is 0 Å². The smallest absolute Gasteiger partial charge is 0.307 e. The van der Waals surface area contributed by atoms with Gasteiger partial charge in [-0.05, 0) is 39.2 Å². The molecule has 0 radical (unpaired) electrons. The normalized spacial score (nSPS) is 22.6. The molecule has 0 amide bonds. The number of nitrogens with one attached hydrogen (secondary N) is 1. The molecule has 1 rings (SSSR count). The van der Waals surface area contributed by atoms with Gasteiger partial charge in [0.05, 0.1) is 13.0 Å². The van der Waals surface area contributed by atoms with E-state index in [1.54, 1.807) is 0 Å². The molecule has 0 aliphatic heterocycles. The third kappa shape index (κ3) is 2.08. The molecule has 1 saturated carbocycles. The van der Waals surface area contributed by atoms with Gasteiger partial charge in [-0.15, -0.1) is 0 Å². The van der Waals surface area contributed by atoms with E-state index in [2.05, 4.69) is 19.2 Å². The highest BCUT2D eigenvalue weighted by Crippen LogP contribution is 2.54. The van der Waals surface area contributed by atoms with Gasteiger partial charge in [0.2, 0.25) is 0 Å². The Morgan fingerprint density at radius 2 is 2.14 bits per heavy atom. The van der Waals surface area contributed by atoms with Crippen molar-refractivity contribution in [2.75, 3.05) is 13.7 Å². The van der Waals surface area contributed by atoms with Crippen LogP contribution in [0.25, 0.3) is 0 Å². The molecule has 1 atom stereocenters. The first kappa shape index (κ1) is 11.5. The average molecular weight is 199 g/mol. The molecule has 0 saturated heterocycles. The van der Waals surface area contributed by atoms with Crippen molar-refractivity contribution in [3.8, 4) is 0 Å². The molecule has 0 spiro atoms. The first-order valence-corrected chi connectivity index (χ1v) is 5.32. The van der Waals surface area contributed by atoms with Crippen molar-refractivity contribution in [2.24, 2.45) is 5.41 Å². The highest BCUT2D eigenvalue weighted by molar-refractivity contribution is 5.71. The second-order valence-corrected chi connectivity index (χ2v) is 4.62. The lowest BCUT2D eigenvalue weighted by molar-refractivity contribution is -0.145. The highest BCUT2D eigenvalue weighted by atomic mass is 16.5. The van der Waals surface area contributed by atoms with E-state index < -0.39 is 0 Å². The summed E-state index contributed by atoms with van der Waals surface area (Å²) < 4.78 is 4.98. The topological polar surface area (TPSA) is 38.3 Å². The lowest BCUT2D eigenvalue weighted by Gasteiger charge is -2.35. The lowest BCUT2D eigenvalue weighted by Crippen LogP contribution is -2.49.